The summed E-state index contributed by atoms with van der Waals surface area (Å²) in [6.07, 6.45) is 5.79. The molecule has 0 radical (unpaired) electrons. The molecule has 0 heterocycles. The molecular formula is C23H30N2O3S. The third-order valence-electron chi connectivity index (χ3n) is 5.52. The molecule has 0 saturated heterocycles. The van der Waals surface area contributed by atoms with E-state index in [0.29, 0.717) is 0 Å². The number of amides is 1. The van der Waals surface area contributed by atoms with E-state index in [1.54, 1.807) is 0 Å². The first kappa shape index (κ1) is 21.5. The summed E-state index contributed by atoms with van der Waals surface area (Å²) in [6.45, 7) is 3.91. The molecule has 2 aromatic rings. The number of aryl methyl sites for hydroxylation is 3. The van der Waals surface area contributed by atoms with Crippen molar-refractivity contribution < 1.29 is 13.2 Å². The SMILES string of the molecule is Cc1ccc(CN(CC(=O)NC(C)c2ccc3c(c2)CCCC3)S(C)(=O)=O)cc1. The molecule has 1 aliphatic carbocycles. The third-order valence-corrected chi connectivity index (χ3v) is 6.71. The third kappa shape index (κ3) is 5.90. The van der Waals surface area contributed by atoms with Crippen LogP contribution < -0.4 is 5.32 Å². The summed E-state index contributed by atoms with van der Waals surface area (Å²) < 4.78 is 25.6. The van der Waals surface area contributed by atoms with Crippen LogP contribution in [0.2, 0.25) is 0 Å². The van der Waals surface area contributed by atoms with E-state index < -0.39 is 10.0 Å². The van der Waals surface area contributed by atoms with Crippen LogP contribution in [0.5, 0.6) is 0 Å². The van der Waals surface area contributed by atoms with Crippen molar-refractivity contribution in [3.8, 4) is 0 Å². The Morgan fingerprint density at radius 1 is 1.07 bits per heavy atom. The van der Waals surface area contributed by atoms with E-state index in [1.165, 1.54) is 28.3 Å². The maximum Gasteiger partial charge on any atom is 0.235 e. The molecule has 1 N–H and O–H groups in total. The highest BCUT2D eigenvalue weighted by atomic mass is 32.2. The van der Waals surface area contributed by atoms with Crippen LogP contribution in [0.25, 0.3) is 0 Å². The van der Waals surface area contributed by atoms with Gasteiger partial charge in [-0.15, -0.1) is 0 Å². The number of benzene rings is 2. The van der Waals surface area contributed by atoms with Crippen molar-refractivity contribution in [3.05, 3.63) is 70.3 Å². The summed E-state index contributed by atoms with van der Waals surface area (Å²) in [5, 5.41) is 2.96. The molecule has 5 nitrogen and oxygen atoms in total. The van der Waals surface area contributed by atoms with Crippen molar-refractivity contribution in [2.45, 2.75) is 52.1 Å². The molecule has 156 valence electrons. The van der Waals surface area contributed by atoms with Crippen molar-refractivity contribution >= 4 is 15.9 Å². The van der Waals surface area contributed by atoms with Gasteiger partial charge in [-0.1, -0.05) is 48.0 Å². The second-order valence-corrected chi connectivity index (χ2v) is 10.0. The molecule has 0 aliphatic heterocycles. The van der Waals surface area contributed by atoms with Gasteiger partial charge in [0.25, 0.3) is 0 Å². The molecule has 29 heavy (non-hydrogen) atoms. The molecule has 1 amide bonds. The fraction of sp³-hybridized carbons (Fsp3) is 0.435. The molecule has 0 spiro atoms. The fourth-order valence-corrected chi connectivity index (χ4v) is 4.48. The van der Waals surface area contributed by atoms with Gasteiger partial charge in [-0.05, 0) is 61.8 Å². The molecule has 2 aromatic carbocycles. The number of sulfonamides is 1. The maximum absolute atomic E-state index is 12.6. The highest BCUT2D eigenvalue weighted by Gasteiger charge is 2.22. The lowest BCUT2D eigenvalue weighted by molar-refractivity contribution is -0.122. The van der Waals surface area contributed by atoms with Crippen LogP contribution in [0.4, 0.5) is 0 Å². The summed E-state index contributed by atoms with van der Waals surface area (Å²) in [5.74, 6) is -0.298. The fourth-order valence-electron chi connectivity index (χ4n) is 3.74. The standard InChI is InChI=1S/C23H30N2O3S/c1-17-8-10-19(11-9-17)15-25(29(3,27)28)16-23(26)24-18(2)21-13-12-20-6-4-5-7-22(20)14-21/h8-14,18H,4-7,15-16H2,1-3H3,(H,24,26). The van der Waals surface area contributed by atoms with Crippen LogP contribution in [-0.2, 0) is 34.2 Å². The average Bonchev–Trinajstić information content (AvgIpc) is 2.68. The van der Waals surface area contributed by atoms with Gasteiger partial charge in [0, 0.05) is 6.54 Å². The summed E-state index contributed by atoms with van der Waals surface area (Å²) in [7, 11) is -3.51. The summed E-state index contributed by atoms with van der Waals surface area (Å²) in [6, 6.07) is 13.9. The zero-order chi connectivity index (χ0) is 21.0. The lowest BCUT2D eigenvalue weighted by Gasteiger charge is -2.23. The Morgan fingerprint density at radius 2 is 1.72 bits per heavy atom. The second-order valence-electron chi connectivity index (χ2n) is 8.04. The van der Waals surface area contributed by atoms with Crippen LogP contribution in [0.1, 0.15) is 53.6 Å². The van der Waals surface area contributed by atoms with Gasteiger partial charge >= 0.3 is 0 Å². The van der Waals surface area contributed by atoms with E-state index in [-0.39, 0.29) is 25.0 Å². The molecule has 1 atom stereocenters. The van der Waals surface area contributed by atoms with Crippen molar-refractivity contribution in [2.75, 3.05) is 12.8 Å². The average molecular weight is 415 g/mol. The highest BCUT2D eigenvalue weighted by Crippen LogP contribution is 2.24. The van der Waals surface area contributed by atoms with Crippen LogP contribution in [-0.4, -0.2) is 31.4 Å². The molecule has 1 unspecified atom stereocenters. The van der Waals surface area contributed by atoms with E-state index in [2.05, 4.69) is 23.5 Å². The van der Waals surface area contributed by atoms with Gasteiger partial charge < -0.3 is 5.32 Å². The van der Waals surface area contributed by atoms with Gasteiger partial charge in [0.2, 0.25) is 15.9 Å². The molecular weight excluding hydrogens is 384 g/mol. The smallest absolute Gasteiger partial charge is 0.235 e. The van der Waals surface area contributed by atoms with E-state index in [4.69, 9.17) is 0 Å². The molecule has 0 fully saturated rings. The second kappa shape index (κ2) is 9.09. The Hall–Kier alpha value is -2.18. The maximum atomic E-state index is 12.6. The molecule has 0 bridgehead atoms. The minimum Gasteiger partial charge on any atom is -0.348 e. The summed E-state index contributed by atoms with van der Waals surface area (Å²) >= 11 is 0. The van der Waals surface area contributed by atoms with Crippen molar-refractivity contribution in [3.63, 3.8) is 0 Å². The summed E-state index contributed by atoms with van der Waals surface area (Å²) in [4.78, 5) is 12.6. The van der Waals surface area contributed by atoms with Crippen LogP contribution >= 0.6 is 0 Å². The molecule has 0 saturated carbocycles. The van der Waals surface area contributed by atoms with Crippen molar-refractivity contribution in [2.24, 2.45) is 0 Å². The normalized spacial score (nSPS) is 15.0. The first-order valence-electron chi connectivity index (χ1n) is 10.1. The van der Waals surface area contributed by atoms with Crippen LogP contribution in [0.3, 0.4) is 0 Å². The van der Waals surface area contributed by atoms with Gasteiger partial charge in [-0.25, -0.2) is 8.42 Å². The van der Waals surface area contributed by atoms with Gasteiger partial charge in [0.15, 0.2) is 0 Å². The van der Waals surface area contributed by atoms with Crippen molar-refractivity contribution in [1.82, 2.24) is 9.62 Å². The van der Waals surface area contributed by atoms with Crippen LogP contribution in [0, 0.1) is 6.92 Å². The Balaban J connectivity index is 1.65. The number of nitrogens with zero attached hydrogens (tertiary/aromatic N) is 1. The summed E-state index contributed by atoms with van der Waals surface area (Å²) in [5.41, 5.74) is 5.79. The minimum absolute atomic E-state index is 0.171. The topological polar surface area (TPSA) is 66.5 Å². The van der Waals surface area contributed by atoms with Gasteiger partial charge in [0.05, 0.1) is 18.8 Å². The Morgan fingerprint density at radius 3 is 2.38 bits per heavy atom. The number of hydrogen-bond donors (Lipinski definition) is 1. The van der Waals surface area contributed by atoms with Gasteiger partial charge in [0.1, 0.15) is 0 Å². The lowest BCUT2D eigenvalue weighted by atomic mass is 9.89. The number of rotatable bonds is 7. The number of carbonyl (C=O) groups excluding carboxylic acids is 1. The van der Waals surface area contributed by atoms with Crippen LogP contribution in [0.15, 0.2) is 42.5 Å². The Bertz CT molecular complexity index is 968. The molecule has 0 aromatic heterocycles. The van der Waals surface area contributed by atoms with Gasteiger partial charge in [-0.2, -0.15) is 4.31 Å². The predicted octanol–water partition coefficient (Wildman–Crippen LogP) is 3.51. The number of carbonyl (C=O) groups is 1. The predicted molar refractivity (Wildman–Crippen MR) is 116 cm³/mol. The minimum atomic E-state index is -3.51. The quantitative estimate of drug-likeness (QED) is 0.754. The van der Waals surface area contributed by atoms with Gasteiger partial charge in [-0.3, -0.25) is 4.79 Å². The molecule has 1 aliphatic rings. The first-order chi connectivity index (χ1) is 13.7. The van der Waals surface area contributed by atoms with E-state index >= 15 is 0 Å². The largest absolute Gasteiger partial charge is 0.348 e. The Kier molecular flexibility index (Phi) is 6.75. The number of fused-ring (bicyclic) bond motifs is 1. The highest BCUT2D eigenvalue weighted by molar-refractivity contribution is 7.88. The first-order valence-corrected chi connectivity index (χ1v) is 12.0. The van der Waals surface area contributed by atoms with E-state index in [1.807, 2.05) is 38.1 Å². The van der Waals surface area contributed by atoms with Crippen molar-refractivity contribution in [1.29, 1.82) is 0 Å². The zero-order valence-electron chi connectivity index (χ0n) is 17.4. The zero-order valence-corrected chi connectivity index (χ0v) is 18.3. The number of hydrogen-bond acceptors (Lipinski definition) is 3. The molecule has 6 heteroatoms. The lowest BCUT2D eigenvalue weighted by Crippen LogP contribution is -2.40. The monoisotopic (exact) mass is 414 g/mol. The molecule has 3 rings (SSSR count). The van der Waals surface area contributed by atoms with E-state index in [9.17, 15) is 13.2 Å². The van der Waals surface area contributed by atoms with E-state index in [0.717, 1.165) is 35.8 Å². The number of nitrogens with one attached hydrogen (secondary N) is 1. The Labute approximate surface area is 174 Å².